The van der Waals surface area contributed by atoms with E-state index in [2.05, 4.69) is 21.2 Å². The van der Waals surface area contributed by atoms with Crippen molar-refractivity contribution in [3.05, 3.63) is 57.0 Å². The maximum absolute atomic E-state index is 13.5. The molecular formula is C13H7BrClF2NO2. The second-order valence-corrected chi connectivity index (χ2v) is 5.15. The quantitative estimate of drug-likeness (QED) is 0.781. The third-order valence-electron chi connectivity index (χ3n) is 2.46. The van der Waals surface area contributed by atoms with E-state index in [4.69, 9.17) is 11.6 Å². The van der Waals surface area contributed by atoms with Crippen molar-refractivity contribution in [3.8, 4) is 5.75 Å². The van der Waals surface area contributed by atoms with Crippen LogP contribution in [0.1, 0.15) is 10.4 Å². The number of nitrogens with one attached hydrogen (secondary N) is 1. The third kappa shape index (κ3) is 3.08. The number of phenols is 1. The number of benzene rings is 2. The Labute approximate surface area is 126 Å². The Morgan fingerprint density at radius 1 is 1.20 bits per heavy atom. The third-order valence-corrected chi connectivity index (χ3v) is 3.31. The second-order valence-electron chi connectivity index (χ2n) is 3.86. The first-order chi connectivity index (χ1) is 9.38. The maximum atomic E-state index is 13.5. The van der Waals surface area contributed by atoms with Gasteiger partial charge in [-0.3, -0.25) is 4.79 Å². The van der Waals surface area contributed by atoms with Gasteiger partial charge in [0, 0.05) is 11.1 Å². The molecule has 2 rings (SSSR count). The lowest BCUT2D eigenvalue weighted by Gasteiger charge is -2.09. The molecule has 0 aliphatic heterocycles. The van der Waals surface area contributed by atoms with Gasteiger partial charge in [0.1, 0.15) is 17.4 Å². The van der Waals surface area contributed by atoms with Crippen molar-refractivity contribution in [2.75, 3.05) is 5.32 Å². The minimum atomic E-state index is -0.924. The maximum Gasteiger partial charge on any atom is 0.259 e. The van der Waals surface area contributed by atoms with Gasteiger partial charge in [-0.15, -0.1) is 0 Å². The molecule has 0 saturated carbocycles. The van der Waals surface area contributed by atoms with E-state index in [1.807, 2.05) is 0 Å². The number of rotatable bonds is 2. The lowest BCUT2D eigenvalue weighted by atomic mass is 10.2. The van der Waals surface area contributed by atoms with Crippen LogP contribution in [0.4, 0.5) is 14.5 Å². The highest BCUT2D eigenvalue weighted by Crippen LogP contribution is 2.26. The number of amides is 1. The van der Waals surface area contributed by atoms with Crippen LogP contribution in [0.25, 0.3) is 0 Å². The molecule has 2 N–H and O–H groups in total. The highest BCUT2D eigenvalue weighted by Gasteiger charge is 2.15. The van der Waals surface area contributed by atoms with E-state index in [1.165, 1.54) is 18.2 Å². The molecule has 2 aromatic carbocycles. The molecule has 0 aromatic heterocycles. The highest BCUT2D eigenvalue weighted by atomic mass is 79.9. The van der Waals surface area contributed by atoms with Crippen molar-refractivity contribution in [1.82, 2.24) is 0 Å². The molecule has 0 atom stereocenters. The molecule has 0 aliphatic rings. The Morgan fingerprint density at radius 3 is 2.55 bits per heavy atom. The largest absolute Gasteiger partial charge is 0.507 e. The number of halogens is 4. The van der Waals surface area contributed by atoms with Gasteiger partial charge in [-0.2, -0.15) is 0 Å². The number of aromatic hydroxyl groups is 1. The Morgan fingerprint density at radius 2 is 1.90 bits per heavy atom. The zero-order valence-corrected chi connectivity index (χ0v) is 12.1. The first kappa shape index (κ1) is 14.7. The summed E-state index contributed by atoms with van der Waals surface area (Å²) in [4.78, 5) is 11.9. The SMILES string of the molecule is O=C(Nc1cc(Br)c(F)cc1F)c1ccc(Cl)cc1O. The zero-order chi connectivity index (χ0) is 14.9. The number of phenolic OH excluding ortho intramolecular Hbond substituents is 1. The highest BCUT2D eigenvalue weighted by molar-refractivity contribution is 9.10. The van der Waals surface area contributed by atoms with Gasteiger partial charge in [0.25, 0.3) is 5.91 Å². The Balaban J connectivity index is 2.30. The summed E-state index contributed by atoms with van der Waals surface area (Å²) in [5, 5.41) is 12.1. The van der Waals surface area contributed by atoms with E-state index in [0.717, 1.165) is 6.07 Å². The number of anilines is 1. The molecule has 3 nitrogen and oxygen atoms in total. The van der Waals surface area contributed by atoms with Crippen LogP contribution in [0.15, 0.2) is 34.8 Å². The predicted molar refractivity (Wildman–Crippen MR) is 75.1 cm³/mol. The Bertz CT molecular complexity index is 694. The van der Waals surface area contributed by atoms with E-state index in [-0.39, 0.29) is 26.5 Å². The van der Waals surface area contributed by atoms with Crippen LogP contribution in [0.2, 0.25) is 5.02 Å². The lowest BCUT2D eigenvalue weighted by molar-refractivity contribution is 0.102. The first-order valence-corrected chi connectivity index (χ1v) is 6.50. The van der Waals surface area contributed by atoms with Crippen molar-refractivity contribution in [1.29, 1.82) is 0 Å². The van der Waals surface area contributed by atoms with E-state index in [9.17, 15) is 18.7 Å². The minimum absolute atomic E-state index is 0.00882. The van der Waals surface area contributed by atoms with Gasteiger partial charge in [-0.25, -0.2) is 8.78 Å². The van der Waals surface area contributed by atoms with Crippen LogP contribution in [0, 0.1) is 11.6 Å². The molecular weight excluding hydrogens is 356 g/mol. The predicted octanol–water partition coefficient (Wildman–Crippen LogP) is 4.34. The molecule has 2 aromatic rings. The van der Waals surface area contributed by atoms with E-state index < -0.39 is 17.5 Å². The van der Waals surface area contributed by atoms with Crippen molar-refractivity contribution >= 4 is 39.1 Å². The van der Waals surface area contributed by atoms with Gasteiger partial charge in [0.15, 0.2) is 0 Å². The molecule has 0 heterocycles. The van der Waals surface area contributed by atoms with Crippen molar-refractivity contribution in [2.24, 2.45) is 0 Å². The second kappa shape index (κ2) is 5.76. The summed E-state index contributed by atoms with van der Waals surface area (Å²) < 4.78 is 26.6. The lowest BCUT2D eigenvalue weighted by Crippen LogP contribution is -2.13. The fraction of sp³-hybridized carbons (Fsp3) is 0. The van der Waals surface area contributed by atoms with Gasteiger partial charge < -0.3 is 10.4 Å². The summed E-state index contributed by atoms with van der Waals surface area (Å²) in [5.41, 5.74) is -0.285. The molecule has 0 spiro atoms. The minimum Gasteiger partial charge on any atom is -0.507 e. The molecule has 20 heavy (non-hydrogen) atoms. The number of carbonyl (C=O) groups excluding carboxylic acids is 1. The summed E-state index contributed by atoms with van der Waals surface area (Å²) in [5.74, 6) is -2.78. The molecule has 0 fully saturated rings. The molecule has 0 bridgehead atoms. The van der Waals surface area contributed by atoms with Crippen molar-refractivity contribution < 1.29 is 18.7 Å². The summed E-state index contributed by atoms with van der Waals surface area (Å²) in [7, 11) is 0. The fourth-order valence-electron chi connectivity index (χ4n) is 1.50. The number of hydrogen-bond acceptors (Lipinski definition) is 2. The molecule has 7 heteroatoms. The smallest absolute Gasteiger partial charge is 0.259 e. The Hall–Kier alpha value is -1.66. The average molecular weight is 363 g/mol. The summed E-state index contributed by atoms with van der Waals surface area (Å²) in [6.45, 7) is 0. The molecule has 0 unspecified atom stereocenters. The number of carbonyl (C=O) groups is 1. The standard InChI is InChI=1S/C13H7BrClF2NO2/c14-8-4-11(10(17)5-9(8)16)18-13(20)7-2-1-6(15)3-12(7)19/h1-5,19H,(H,18,20). The molecule has 0 saturated heterocycles. The first-order valence-electron chi connectivity index (χ1n) is 5.33. The average Bonchev–Trinajstić information content (AvgIpc) is 2.35. The van der Waals surface area contributed by atoms with Crippen LogP contribution in [-0.2, 0) is 0 Å². The molecule has 0 aliphatic carbocycles. The van der Waals surface area contributed by atoms with Gasteiger partial charge in [-0.05, 0) is 40.2 Å². The van der Waals surface area contributed by atoms with E-state index >= 15 is 0 Å². The van der Waals surface area contributed by atoms with Crippen LogP contribution in [0.5, 0.6) is 5.75 Å². The summed E-state index contributed by atoms with van der Waals surface area (Å²) in [6, 6.07) is 5.63. The molecule has 104 valence electrons. The van der Waals surface area contributed by atoms with Gasteiger partial charge in [0.05, 0.1) is 15.7 Å². The topological polar surface area (TPSA) is 49.3 Å². The van der Waals surface area contributed by atoms with Crippen LogP contribution >= 0.6 is 27.5 Å². The van der Waals surface area contributed by atoms with Gasteiger partial charge in [0.2, 0.25) is 0 Å². The van der Waals surface area contributed by atoms with Crippen LogP contribution in [0.3, 0.4) is 0 Å². The van der Waals surface area contributed by atoms with Crippen molar-refractivity contribution in [3.63, 3.8) is 0 Å². The van der Waals surface area contributed by atoms with Gasteiger partial charge in [-0.1, -0.05) is 11.6 Å². The molecule has 1 amide bonds. The normalized spacial score (nSPS) is 10.4. The molecule has 0 radical (unpaired) electrons. The summed E-state index contributed by atoms with van der Waals surface area (Å²) >= 11 is 8.54. The van der Waals surface area contributed by atoms with E-state index in [1.54, 1.807) is 0 Å². The Kier molecular flexibility index (Phi) is 4.25. The van der Waals surface area contributed by atoms with Gasteiger partial charge >= 0.3 is 0 Å². The van der Waals surface area contributed by atoms with Crippen LogP contribution < -0.4 is 5.32 Å². The zero-order valence-electron chi connectivity index (χ0n) is 9.75. The van der Waals surface area contributed by atoms with E-state index in [0.29, 0.717) is 6.07 Å². The fourth-order valence-corrected chi connectivity index (χ4v) is 2.01. The monoisotopic (exact) mass is 361 g/mol. The van der Waals surface area contributed by atoms with Crippen LogP contribution in [-0.4, -0.2) is 11.0 Å². The van der Waals surface area contributed by atoms with Crippen molar-refractivity contribution in [2.45, 2.75) is 0 Å². The number of hydrogen-bond donors (Lipinski definition) is 2. The summed E-state index contributed by atoms with van der Waals surface area (Å²) in [6.07, 6.45) is 0.